The Balaban J connectivity index is 1.27. The fraction of sp³-hybridized carbons (Fsp3) is 0.511. The Morgan fingerprint density at radius 2 is 1.91 bits per heavy atom. The number of nitrogens with zero attached hydrogens (tertiary/aromatic N) is 1. The summed E-state index contributed by atoms with van der Waals surface area (Å²) in [5.74, 6) is 11.6. The average Bonchev–Trinajstić information content (AvgIpc) is 3.52. The topological polar surface area (TPSA) is 151 Å². The summed E-state index contributed by atoms with van der Waals surface area (Å²) in [6.07, 6.45) is 4.42. The van der Waals surface area contributed by atoms with Gasteiger partial charge in [-0.15, -0.1) is 0 Å². The molecular formula is C47H54N2O8. The Kier molecular flexibility index (Phi) is 11.9. The molecule has 10 atom stereocenters. The molecule has 300 valence electrons. The molecule has 4 aliphatic rings. The Bertz CT molecular complexity index is 2260. The van der Waals surface area contributed by atoms with Crippen molar-refractivity contribution in [2.45, 2.75) is 116 Å². The van der Waals surface area contributed by atoms with Crippen LogP contribution in [0.15, 0.2) is 65.4 Å². The predicted molar refractivity (Wildman–Crippen MR) is 218 cm³/mol. The number of ketones is 2. The standard InChI is InChI=1S/C47H54N2O8/c1-7-13-34-41-29(6)36(51)24-47(34,54)18-12-10-8-9-11-14-37(41)56-38-21-28(5)40(45(53)46(38)57-39-22-27(4)30(25-55-39)20-26(2)3)44(52)43-42-32(17-19-48-43)33-23-31(50)15-16-35(33)49-42/h8-9,13,15-17,19,23,26-28,30,37-40,45-46,49-50,53-54H,7,18,20-22,24-25H2,1-6H3/b9-8-,34-13+/t27?,28?,30?,37-,38?,39?,40?,45?,46?,47-/m0/s1. The fourth-order valence-corrected chi connectivity index (χ4v) is 9.32. The van der Waals surface area contributed by atoms with Gasteiger partial charge < -0.3 is 34.5 Å². The van der Waals surface area contributed by atoms with Crippen LogP contribution >= 0.6 is 0 Å². The number of H-pyrrole nitrogens is 1. The molecule has 8 unspecified atom stereocenters. The number of carbonyl (C=O) groups excluding carboxylic acids is 2. The van der Waals surface area contributed by atoms with Gasteiger partial charge in [0.2, 0.25) is 0 Å². The lowest BCUT2D eigenvalue weighted by atomic mass is 9.71. The predicted octanol–water partition coefficient (Wildman–Crippen LogP) is 7.13. The van der Waals surface area contributed by atoms with E-state index in [0.29, 0.717) is 65.9 Å². The molecule has 1 aromatic carbocycles. The van der Waals surface area contributed by atoms with E-state index in [2.05, 4.69) is 54.4 Å². The molecule has 2 fully saturated rings. The van der Waals surface area contributed by atoms with Gasteiger partial charge >= 0.3 is 0 Å². The van der Waals surface area contributed by atoms with E-state index in [0.717, 1.165) is 22.7 Å². The number of aliphatic hydroxyl groups is 2. The summed E-state index contributed by atoms with van der Waals surface area (Å²) in [5, 5.41) is 36.2. The molecule has 3 heterocycles. The smallest absolute Gasteiger partial charge is 0.189 e. The van der Waals surface area contributed by atoms with Gasteiger partial charge in [-0.05, 0) is 97.4 Å². The van der Waals surface area contributed by atoms with Gasteiger partial charge in [0.25, 0.3) is 0 Å². The first-order chi connectivity index (χ1) is 27.3. The van der Waals surface area contributed by atoms with E-state index in [1.165, 1.54) is 0 Å². The zero-order chi connectivity index (χ0) is 40.6. The first-order valence-electron chi connectivity index (χ1n) is 20.4. The molecule has 2 bridgehead atoms. The Hall–Kier alpha value is -4.55. The lowest BCUT2D eigenvalue weighted by molar-refractivity contribution is -0.263. The number of phenolic OH excluding ortho intramolecular Hbond substituents is 1. The third-order valence-electron chi connectivity index (χ3n) is 12.3. The molecule has 3 aliphatic carbocycles. The Morgan fingerprint density at radius 1 is 1.12 bits per heavy atom. The van der Waals surface area contributed by atoms with Gasteiger partial charge in [0, 0.05) is 47.3 Å². The number of aromatic hydroxyl groups is 1. The number of allylic oxidation sites excluding steroid dienone is 4. The molecule has 0 spiro atoms. The van der Waals surface area contributed by atoms with Crippen LogP contribution in [0.25, 0.3) is 21.8 Å². The summed E-state index contributed by atoms with van der Waals surface area (Å²) in [6.45, 7) is 12.7. The average molecular weight is 775 g/mol. The van der Waals surface area contributed by atoms with Gasteiger partial charge in [-0.25, -0.2) is 0 Å². The van der Waals surface area contributed by atoms with Crippen LogP contribution in [0.1, 0.15) is 90.6 Å². The highest BCUT2D eigenvalue weighted by molar-refractivity contribution is 6.15. The summed E-state index contributed by atoms with van der Waals surface area (Å²) in [6, 6.07) is 6.78. The highest BCUT2D eigenvalue weighted by Crippen LogP contribution is 2.44. The van der Waals surface area contributed by atoms with Crippen LogP contribution in [0.3, 0.4) is 0 Å². The fourth-order valence-electron chi connectivity index (χ4n) is 9.32. The van der Waals surface area contributed by atoms with Crippen LogP contribution in [-0.2, 0) is 19.0 Å². The van der Waals surface area contributed by atoms with Crippen molar-refractivity contribution in [1.82, 2.24) is 9.97 Å². The van der Waals surface area contributed by atoms with Crippen LogP contribution in [0.2, 0.25) is 0 Å². The number of aromatic nitrogens is 2. The summed E-state index contributed by atoms with van der Waals surface area (Å²) in [4.78, 5) is 36.2. The van der Waals surface area contributed by atoms with Crippen molar-refractivity contribution >= 4 is 33.4 Å². The van der Waals surface area contributed by atoms with Crippen molar-refractivity contribution in [3.8, 4) is 29.4 Å². The summed E-state index contributed by atoms with van der Waals surface area (Å²) in [5.41, 5.74) is 1.45. The minimum absolute atomic E-state index is 0.0560. The maximum absolute atomic E-state index is 14.7. The second-order valence-electron chi connectivity index (χ2n) is 16.9. The van der Waals surface area contributed by atoms with E-state index in [-0.39, 0.29) is 35.9 Å². The number of hydrogen-bond donors (Lipinski definition) is 4. The van der Waals surface area contributed by atoms with Crippen molar-refractivity contribution < 1.29 is 39.1 Å². The van der Waals surface area contributed by atoms with Gasteiger partial charge in [0.15, 0.2) is 17.9 Å². The second kappa shape index (κ2) is 16.7. The number of aliphatic hydroxyl groups excluding tert-OH is 1. The maximum Gasteiger partial charge on any atom is 0.189 e. The van der Waals surface area contributed by atoms with E-state index in [1.807, 2.05) is 19.9 Å². The minimum Gasteiger partial charge on any atom is -0.508 e. The number of ether oxygens (including phenoxy) is 3. The number of benzene rings is 1. The first-order valence-corrected chi connectivity index (χ1v) is 20.4. The van der Waals surface area contributed by atoms with Crippen LogP contribution in [0.5, 0.6) is 5.75 Å². The van der Waals surface area contributed by atoms with E-state index >= 15 is 0 Å². The quantitative estimate of drug-likeness (QED) is 0.132. The second-order valence-corrected chi connectivity index (χ2v) is 16.9. The van der Waals surface area contributed by atoms with Crippen molar-refractivity contribution in [3.05, 3.63) is 71.1 Å². The van der Waals surface area contributed by atoms with Gasteiger partial charge in [-0.1, -0.05) is 64.4 Å². The van der Waals surface area contributed by atoms with E-state index in [4.69, 9.17) is 14.2 Å². The highest BCUT2D eigenvalue weighted by Gasteiger charge is 2.51. The minimum atomic E-state index is -1.53. The summed E-state index contributed by atoms with van der Waals surface area (Å²) < 4.78 is 20.1. The molecule has 0 amide bonds. The number of nitrogens with one attached hydrogen (secondary N) is 1. The monoisotopic (exact) mass is 774 g/mol. The number of pyridine rings is 1. The number of aromatic amines is 1. The van der Waals surface area contributed by atoms with E-state index in [9.17, 15) is 24.9 Å². The molecule has 0 radical (unpaired) electrons. The molecule has 10 heteroatoms. The van der Waals surface area contributed by atoms with Crippen LogP contribution in [0, 0.1) is 53.3 Å². The summed E-state index contributed by atoms with van der Waals surface area (Å²) in [7, 11) is 0. The molecule has 4 N–H and O–H groups in total. The van der Waals surface area contributed by atoms with Crippen LogP contribution in [0.4, 0.5) is 0 Å². The lowest BCUT2D eigenvalue weighted by Crippen LogP contribution is -2.57. The zero-order valence-corrected chi connectivity index (χ0v) is 33.7. The third-order valence-corrected chi connectivity index (χ3v) is 12.3. The molecule has 7 rings (SSSR count). The number of fused-ring (bicyclic) bond motifs is 5. The van der Waals surface area contributed by atoms with Crippen molar-refractivity contribution in [3.63, 3.8) is 0 Å². The Labute approximate surface area is 334 Å². The maximum atomic E-state index is 14.7. The molecule has 3 aromatic rings. The highest BCUT2D eigenvalue weighted by atomic mass is 16.7. The van der Waals surface area contributed by atoms with Crippen molar-refractivity contribution in [2.24, 2.45) is 29.6 Å². The molecule has 1 aliphatic heterocycles. The Morgan fingerprint density at radius 3 is 2.67 bits per heavy atom. The normalized spacial score (nSPS) is 33.1. The third kappa shape index (κ3) is 8.12. The molecule has 1 saturated heterocycles. The molecule has 10 nitrogen and oxygen atoms in total. The van der Waals surface area contributed by atoms with Crippen molar-refractivity contribution in [1.29, 1.82) is 0 Å². The molecule has 57 heavy (non-hydrogen) atoms. The van der Waals surface area contributed by atoms with Gasteiger partial charge in [-0.3, -0.25) is 14.6 Å². The number of phenols is 1. The number of carbonyl (C=O) groups is 2. The van der Waals surface area contributed by atoms with Gasteiger partial charge in [-0.2, -0.15) is 0 Å². The molecular weight excluding hydrogens is 721 g/mol. The molecule has 2 aromatic heterocycles. The SMILES string of the molecule is CC/C=C1\C2=C(C)C(=O)C[C@@]1(O)CC#C/C=C\C#C[C@@H]2OC1CC(C)C(C(=O)c2nccc3c2[nH]c2ccc(O)cc23)C(O)C1OC1CC(C)C(CC(C)C)CO1. The van der Waals surface area contributed by atoms with Crippen molar-refractivity contribution in [2.75, 3.05) is 6.61 Å². The van der Waals surface area contributed by atoms with Gasteiger partial charge in [0.1, 0.15) is 29.3 Å². The number of rotatable bonds is 9. The van der Waals surface area contributed by atoms with Crippen LogP contribution < -0.4 is 0 Å². The largest absolute Gasteiger partial charge is 0.508 e. The first kappa shape index (κ1) is 40.6. The van der Waals surface area contributed by atoms with Crippen LogP contribution in [-0.4, -0.2) is 79.8 Å². The number of hydrogen-bond acceptors (Lipinski definition) is 9. The van der Waals surface area contributed by atoms with E-state index in [1.54, 1.807) is 49.5 Å². The number of Topliss-reactive ketones (excluding diaryl/α,β-unsaturated/α-hetero) is 2. The van der Waals surface area contributed by atoms with Gasteiger partial charge in [0.05, 0.1) is 30.2 Å². The zero-order valence-electron chi connectivity index (χ0n) is 33.7. The molecule has 1 saturated carbocycles. The summed E-state index contributed by atoms with van der Waals surface area (Å²) >= 11 is 0. The lowest BCUT2D eigenvalue weighted by Gasteiger charge is -2.46. The van der Waals surface area contributed by atoms with E-state index < -0.39 is 48.1 Å².